The van der Waals surface area contributed by atoms with E-state index >= 15 is 0 Å². The number of benzene rings is 2. The summed E-state index contributed by atoms with van der Waals surface area (Å²) in [6.07, 6.45) is 2.82. The molecule has 0 fully saturated rings. The van der Waals surface area contributed by atoms with Crippen LogP contribution in [0.1, 0.15) is 37.4 Å². The van der Waals surface area contributed by atoms with Crippen LogP contribution in [0.2, 0.25) is 5.02 Å². The van der Waals surface area contributed by atoms with Gasteiger partial charge in [0, 0.05) is 41.0 Å². The highest BCUT2D eigenvalue weighted by molar-refractivity contribution is 6.31. The van der Waals surface area contributed by atoms with Gasteiger partial charge in [-0.2, -0.15) is 5.26 Å². The van der Waals surface area contributed by atoms with Gasteiger partial charge in [0.25, 0.3) is 0 Å². The number of carbonyl (C=O) groups is 1. The molecule has 2 N–H and O–H groups in total. The Balaban J connectivity index is 2.21. The first-order valence-electron chi connectivity index (χ1n) is 10.9. The molecule has 0 spiro atoms. The number of nitriles is 1. The van der Waals surface area contributed by atoms with Gasteiger partial charge >= 0.3 is 0 Å². The molecule has 1 aromatic heterocycles. The number of hydrogen-bond acceptors (Lipinski definition) is 6. The Morgan fingerprint density at radius 1 is 1.32 bits per heavy atom. The molecule has 1 heterocycles. The number of hydrogen-bond donors (Lipinski definition) is 2. The van der Waals surface area contributed by atoms with Crippen LogP contribution in [0.25, 0.3) is 10.9 Å². The van der Waals surface area contributed by atoms with E-state index in [1.807, 2.05) is 40.1 Å². The second-order valence-electron chi connectivity index (χ2n) is 8.15. The lowest BCUT2D eigenvalue weighted by Gasteiger charge is -2.29. The van der Waals surface area contributed by atoms with Crippen LogP contribution in [0, 0.1) is 17.1 Å². The van der Waals surface area contributed by atoms with Gasteiger partial charge in [0.1, 0.15) is 17.6 Å². The van der Waals surface area contributed by atoms with Gasteiger partial charge in [0.15, 0.2) is 0 Å². The van der Waals surface area contributed by atoms with Crippen LogP contribution >= 0.6 is 11.6 Å². The van der Waals surface area contributed by atoms with Crippen molar-refractivity contribution in [2.45, 2.75) is 32.4 Å². The molecule has 0 saturated heterocycles. The summed E-state index contributed by atoms with van der Waals surface area (Å²) in [6, 6.07) is 10.1. The largest absolute Gasteiger partial charge is 0.493 e. The molecule has 0 aliphatic heterocycles. The third kappa shape index (κ3) is 5.56. The second-order valence-corrected chi connectivity index (χ2v) is 8.56. The molecule has 2 unspecified atom stereocenters. The van der Waals surface area contributed by atoms with Crippen LogP contribution in [0.15, 0.2) is 36.5 Å². The van der Waals surface area contributed by atoms with E-state index in [1.54, 1.807) is 6.07 Å². The average molecular weight is 484 g/mol. The number of fused-ring (bicyclic) bond motifs is 1. The summed E-state index contributed by atoms with van der Waals surface area (Å²) in [6.45, 7) is 4.32. The highest BCUT2D eigenvalue weighted by Gasteiger charge is 2.23. The predicted octanol–water partition coefficient (Wildman–Crippen LogP) is 5.17. The molecule has 0 aliphatic carbocycles. The summed E-state index contributed by atoms with van der Waals surface area (Å²) in [5, 5.41) is 16.5. The van der Waals surface area contributed by atoms with E-state index in [0.717, 1.165) is 5.56 Å². The summed E-state index contributed by atoms with van der Waals surface area (Å²) in [7, 11) is 3.92. The summed E-state index contributed by atoms with van der Waals surface area (Å²) in [4.78, 5) is 17.5. The maximum absolute atomic E-state index is 13.7. The fraction of sp³-hybridized carbons (Fsp3) is 0.320. The van der Waals surface area contributed by atoms with E-state index in [0.29, 0.717) is 53.0 Å². The minimum Gasteiger partial charge on any atom is -0.493 e. The first-order chi connectivity index (χ1) is 16.3. The Bertz CT molecular complexity index is 1230. The van der Waals surface area contributed by atoms with Crippen molar-refractivity contribution >= 4 is 40.3 Å². The normalized spacial score (nSPS) is 12.8. The Labute approximate surface area is 203 Å². The summed E-state index contributed by atoms with van der Waals surface area (Å²) >= 11 is 5.96. The van der Waals surface area contributed by atoms with Crippen LogP contribution in [0.5, 0.6) is 5.75 Å². The minimum atomic E-state index is -0.525. The van der Waals surface area contributed by atoms with Crippen LogP contribution in [0.3, 0.4) is 0 Å². The van der Waals surface area contributed by atoms with Gasteiger partial charge in [-0.05, 0) is 58.6 Å². The molecule has 34 heavy (non-hydrogen) atoms. The van der Waals surface area contributed by atoms with E-state index in [4.69, 9.17) is 16.3 Å². The fourth-order valence-electron chi connectivity index (χ4n) is 3.85. The lowest BCUT2D eigenvalue weighted by atomic mass is 9.95. The third-order valence-electron chi connectivity index (χ3n) is 5.52. The molecule has 0 bridgehead atoms. The smallest absolute Gasteiger partial charge is 0.207 e. The molecule has 0 aliphatic rings. The molecular formula is C25H27ClFN5O2. The lowest BCUT2D eigenvalue weighted by molar-refractivity contribution is -0.110. The Kier molecular flexibility index (Phi) is 8.26. The number of aromatic nitrogens is 1. The Morgan fingerprint density at radius 3 is 2.71 bits per heavy atom. The molecule has 7 nitrogen and oxygen atoms in total. The van der Waals surface area contributed by atoms with Crippen molar-refractivity contribution < 1.29 is 13.9 Å². The maximum atomic E-state index is 13.7. The first-order valence-corrected chi connectivity index (χ1v) is 11.2. The van der Waals surface area contributed by atoms with Gasteiger partial charge in [-0.15, -0.1) is 0 Å². The van der Waals surface area contributed by atoms with Gasteiger partial charge in [0.2, 0.25) is 6.41 Å². The summed E-state index contributed by atoms with van der Waals surface area (Å²) < 4.78 is 19.6. The number of rotatable bonds is 10. The van der Waals surface area contributed by atoms with E-state index in [9.17, 15) is 14.4 Å². The SMILES string of the molecule is CCOc1cc2ncc(C#N)c(Nc3ccc(F)c(Cl)c3)c2cc1C(CC(C)NC=O)N(C)C. The molecule has 2 aromatic carbocycles. The number of halogens is 2. The average Bonchev–Trinajstić information content (AvgIpc) is 2.80. The molecule has 0 saturated carbocycles. The molecule has 0 radical (unpaired) electrons. The maximum Gasteiger partial charge on any atom is 0.207 e. The van der Waals surface area contributed by atoms with Crippen molar-refractivity contribution in [1.29, 1.82) is 5.26 Å². The number of nitrogens with one attached hydrogen (secondary N) is 2. The molecule has 9 heteroatoms. The number of carbonyl (C=O) groups excluding carboxylic acids is 1. The quantitative estimate of drug-likeness (QED) is 0.387. The van der Waals surface area contributed by atoms with Crippen molar-refractivity contribution in [3.8, 4) is 11.8 Å². The Hall–Kier alpha value is -3.41. The highest BCUT2D eigenvalue weighted by Crippen LogP contribution is 2.38. The predicted molar refractivity (Wildman–Crippen MR) is 132 cm³/mol. The minimum absolute atomic E-state index is 0.0227. The number of ether oxygens (including phenoxy) is 1. The molecule has 3 rings (SSSR count). The zero-order valence-corrected chi connectivity index (χ0v) is 20.3. The van der Waals surface area contributed by atoms with E-state index < -0.39 is 5.82 Å². The number of amides is 1. The zero-order valence-electron chi connectivity index (χ0n) is 19.5. The monoisotopic (exact) mass is 483 g/mol. The fourth-order valence-corrected chi connectivity index (χ4v) is 4.03. The zero-order chi connectivity index (χ0) is 24.8. The van der Waals surface area contributed by atoms with E-state index in [2.05, 4.69) is 26.6 Å². The van der Waals surface area contributed by atoms with E-state index in [1.165, 1.54) is 18.3 Å². The lowest BCUT2D eigenvalue weighted by Crippen LogP contribution is -2.31. The van der Waals surface area contributed by atoms with Crippen LogP contribution in [0.4, 0.5) is 15.8 Å². The topological polar surface area (TPSA) is 90.3 Å². The van der Waals surface area contributed by atoms with Gasteiger partial charge in [-0.3, -0.25) is 9.78 Å². The van der Waals surface area contributed by atoms with Crippen LogP contribution in [-0.4, -0.2) is 43.0 Å². The van der Waals surface area contributed by atoms with Crippen LogP contribution < -0.4 is 15.4 Å². The standard InChI is InChI=1S/C25H27ClFN5O2/c1-5-34-24-11-22-18(10-19(24)23(32(3)4)8-15(2)30-14-33)25(16(12-28)13-29-22)31-17-6-7-21(27)20(26)9-17/h6-7,9-11,13-15,23H,5,8H2,1-4H3,(H,29,31)(H,30,33). The molecule has 1 amide bonds. The van der Waals surface area contributed by atoms with Gasteiger partial charge in [0.05, 0.1) is 28.4 Å². The van der Waals surface area contributed by atoms with Crippen molar-refractivity contribution in [1.82, 2.24) is 15.2 Å². The molecule has 3 aromatic rings. The van der Waals surface area contributed by atoms with Crippen molar-refractivity contribution in [3.05, 3.63) is 58.5 Å². The number of anilines is 2. The van der Waals surface area contributed by atoms with Crippen molar-refractivity contribution in [3.63, 3.8) is 0 Å². The second kappa shape index (κ2) is 11.1. The van der Waals surface area contributed by atoms with E-state index in [-0.39, 0.29) is 17.1 Å². The van der Waals surface area contributed by atoms with Gasteiger partial charge in [-0.1, -0.05) is 11.6 Å². The number of pyridine rings is 1. The van der Waals surface area contributed by atoms with Gasteiger partial charge < -0.3 is 20.3 Å². The molecule has 2 atom stereocenters. The Morgan fingerprint density at radius 2 is 2.09 bits per heavy atom. The van der Waals surface area contributed by atoms with Gasteiger partial charge in [-0.25, -0.2) is 4.39 Å². The first kappa shape index (κ1) is 25.2. The molecule has 178 valence electrons. The van der Waals surface area contributed by atoms with Crippen molar-refractivity contribution in [2.75, 3.05) is 26.0 Å². The highest BCUT2D eigenvalue weighted by atomic mass is 35.5. The van der Waals surface area contributed by atoms with Crippen molar-refractivity contribution in [2.24, 2.45) is 0 Å². The molecular weight excluding hydrogens is 457 g/mol. The number of nitrogens with zero attached hydrogens (tertiary/aromatic N) is 3. The summed E-state index contributed by atoms with van der Waals surface area (Å²) in [5.41, 5.74) is 2.95. The van der Waals surface area contributed by atoms with Crippen LogP contribution in [-0.2, 0) is 4.79 Å². The summed E-state index contributed by atoms with van der Waals surface area (Å²) in [5.74, 6) is 0.155. The third-order valence-corrected chi connectivity index (χ3v) is 5.81.